The Morgan fingerprint density at radius 1 is 0.842 bits per heavy atom. The molecule has 4 unspecified atom stereocenters. The van der Waals surface area contributed by atoms with Crippen LogP contribution in [0.5, 0.6) is 0 Å². The Bertz CT molecular complexity index is 3320. The molecule has 0 amide bonds. The number of nitrogen functional groups attached to an aromatic ring is 2. The third kappa shape index (κ3) is 12.0. The van der Waals surface area contributed by atoms with Crippen LogP contribution >= 0.6 is 31.1 Å². The fourth-order valence-corrected chi connectivity index (χ4v) is 14.2. The summed E-state index contributed by atoms with van der Waals surface area (Å²) in [4.78, 5) is 101. The Kier molecular flexibility index (Phi) is 16.9. The number of rotatable bonds is 22. The molecule has 15 N–H and O–H groups in total. The molecular weight excluding hydrogens is 1110 g/mol. The number of fused-ring (bicyclic) bond motifs is 2. The number of H-pyrrole nitrogens is 2. The van der Waals surface area contributed by atoms with Crippen molar-refractivity contribution in [2.45, 2.75) is 86.6 Å². The fourth-order valence-electron chi connectivity index (χ4n) is 8.94. The highest BCUT2D eigenvalue weighted by molar-refractivity contribution is 7.66. The molecule has 37 nitrogen and oxygen atoms in total. The molecule has 41 heteroatoms. The van der Waals surface area contributed by atoms with Crippen LogP contribution < -0.4 is 38.2 Å². The van der Waals surface area contributed by atoms with Gasteiger partial charge in [-0.25, -0.2) is 38.0 Å². The van der Waals surface area contributed by atoms with Crippen LogP contribution in [0.3, 0.4) is 0 Å². The lowest BCUT2D eigenvalue weighted by Crippen LogP contribution is -2.46. The quantitative estimate of drug-likeness (QED) is 0.0177. The number of ether oxygens (including phenoxy) is 4. The molecule has 76 heavy (non-hydrogen) atoms. The van der Waals surface area contributed by atoms with Crippen LogP contribution in [-0.2, 0) is 66.4 Å². The number of aliphatic hydroxyl groups excluding tert-OH is 4. The molecule has 5 aromatic rings. The monoisotopic (exact) mass is 1160 g/mol. The third-order valence-electron chi connectivity index (χ3n) is 12.2. The summed E-state index contributed by atoms with van der Waals surface area (Å²) in [6.45, 7) is -1.41. The van der Waals surface area contributed by atoms with E-state index in [0.29, 0.717) is 0 Å². The fraction of sp³-hybridized carbons (Fsp3) is 0.600. The Hall–Kier alpha value is -4.62. The average molecular weight is 1160 g/mol. The lowest BCUT2D eigenvalue weighted by atomic mass is 9.93. The molecule has 3 fully saturated rings. The van der Waals surface area contributed by atoms with Gasteiger partial charge in [-0.3, -0.25) is 52.2 Å². The zero-order valence-electron chi connectivity index (χ0n) is 39.6. The largest absolute Gasteiger partial charge is 0.490 e. The van der Waals surface area contributed by atoms with Gasteiger partial charge in [0, 0.05) is 25.3 Å². The molecule has 8 heterocycles. The molecule has 0 aliphatic carbocycles. The van der Waals surface area contributed by atoms with Gasteiger partial charge in [0.25, 0.3) is 17.1 Å². The molecule has 3 aliphatic heterocycles. The van der Waals surface area contributed by atoms with E-state index >= 15 is 0 Å². The number of aryl methyl sites for hydroxylation is 1. The van der Waals surface area contributed by atoms with E-state index in [9.17, 15) is 72.6 Å². The first-order valence-electron chi connectivity index (χ1n) is 22.3. The van der Waals surface area contributed by atoms with Gasteiger partial charge in [-0.05, 0) is 13.0 Å². The van der Waals surface area contributed by atoms with E-state index in [2.05, 4.69) is 38.9 Å². The van der Waals surface area contributed by atoms with E-state index in [1.54, 1.807) is 6.92 Å². The predicted molar refractivity (Wildman–Crippen MR) is 248 cm³/mol. The molecule has 3 aliphatic rings. The molecule has 0 aromatic carbocycles. The summed E-state index contributed by atoms with van der Waals surface area (Å²) in [7, 11) is -20.9. The second-order valence-corrected chi connectivity index (χ2v) is 23.8. The Morgan fingerprint density at radius 2 is 1.50 bits per heavy atom. The lowest BCUT2D eigenvalue weighted by Gasteiger charge is -2.28. The molecule has 3 saturated heterocycles. The second-order valence-electron chi connectivity index (χ2n) is 17.2. The lowest BCUT2D eigenvalue weighted by molar-refractivity contribution is -0.745. The van der Waals surface area contributed by atoms with Crippen LogP contribution in [0, 0.1) is 5.92 Å². The summed E-state index contributed by atoms with van der Waals surface area (Å²) in [5.74, 6) is -1.54. The van der Waals surface area contributed by atoms with Gasteiger partial charge < -0.3 is 74.9 Å². The van der Waals surface area contributed by atoms with Crippen LogP contribution in [0.1, 0.15) is 32.0 Å². The number of anilines is 2. The van der Waals surface area contributed by atoms with Crippen molar-refractivity contribution in [1.82, 2.24) is 48.9 Å². The van der Waals surface area contributed by atoms with Crippen LogP contribution in [-0.4, -0.2) is 172 Å². The first kappa shape index (κ1) is 57.6. The maximum Gasteiger partial charge on any atom is 0.490 e. The van der Waals surface area contributed by atoms with Gasteiger partial charge in [-0.1, -0.05) is 11.9 Å². The van der Waals surface area contributed by atoms with Crippen molar-refractivity contribution in [2.75, 3.05) is 44.9 Å². The van der Waals surface area contributed by atoms with E-state index in [0.717, 1.165) is 36.6 Å². The van der Waals surface area contributed by atoms with E-state index in [1.807, 2.05) is 4.98 Å². The molecule has 420 valence electrons. The van der Waals surface area contributed by atoms with Gasteiger partial charge in [-0.2, -0.15) is 8.62 Å². The average Bonchev–Trinajstić information content (AvgIpc) is 4.13. The number of nitrogens with zero attached hydrogens (tertiary/aromatic N) is 8. The number of aliphatic hydroxyl groups is 4. The topological polar surface area (TPSA) is 530 Å². The third-order valence-corrected chi connectivity index (χ3v) is 18.4. The molecule has 0 radical (unpaired) electrons. The highest BCUT2D eigenvalue weighted by Gasteiger charge is 2.58. The number of phosphoric acid groups is 3. The van der Waals surface area contributed by atoms with Gasteiger partial charge in [0.15, 0.2) is 30.2 Å². The number of aromatic amines is 2. The van der Waals surface area contributed by atoms with Crippen molar-refractivity contribution in [2.24, 2.45) is 13.0 Å². The standard InChI is InChI=1S/C35H51N13O24P4/c1-4-38-19(50)7-14-15(68-31(22(14)51)48-13-45(2)21-29(48)43-34(37)44-30(21)54)8-66-74(58,59)71-76(62,63)72-75(60,61)67-10-17-26(25(64-3)33(70-17)47-12-41-20-27(36)39-11-40-28(20)47)73(56,57)65-9-16-23(52)24(53)32(69-16)46-6-5-18(49)42-35(46)55/h5-6,11-17,19,22-26,31-33,38,50-53H,4,7-10H2,1-3H3,(H9-,36,37,39,40,42,43,44,49,54,55,56,57,58,59,60,61,62,63)/p+1/t14-,15-,16-,17-,19+,22-,23-,24-,25-,26-,31-,32-,33-/m1/s1. The maximum atomic E-state index is 14.3. The summed E-state index contributed by atoms with van der Waals surface area (Å²) in [6.07, 6.45) is -13.6. The number of hydrogen-bond acceptors (Lipinski definition) is 27. The van der Waals surface area contributed by atoms with Gasteiger partial charge in [0.05, 0.1) is 39.3 Å². The number of hydrogen-bond donors (Lipinski definition) is 13. The van der Waals surface area contributed by atoms with E-state index in [-0.39, 0.29) is 47.1 Å². The zero-order chi connectivity index (χ0) is 55.4. The highest BCUT2D eigenvalue weighted by Crippen LogP contribution is 2.68. The number of nitrogens with one attached hydrogen (secondary N) is 3. The summed E-state index contributed by atoms with van der Waals surface area (Å²) in [6, 6.07) is 0.924. The molecule has 5 aromatic heterocycles. The maximum absolute atomic E-state index is 14.3. The van der Waals surface area contributed by atoms with Crippen molar-refractivity contribution in [3.05, 3.63) is 62.4 Å². The smallest absolute Gasteiger partial charge is 0.387 e. The summed E-state index contributed by atoms with van der Waals surface area (Å²) >= 11 is 0. The predicted octanol–water partition coefficient (Wildman–Crippen LogP) is -4.23. The number of methoxy groups -OCH3 is 1. The van der Waals surface area contributed by atoms with Crippen molar-refractivity contribution in [3.63, 3.8) is 0 Å². The van der Waals surface area contributed by atoms with Crippen LogP contribution in [0.2, 0.25) is 0 Å². The van der Waals surface area contributed by atoms with Gasteiger partial charge in [0.1, 0.15) is 60.4 Å². The molecule has 0 spiro atoms. The minimum Gasteiger partial charge on any atom is -0.387 e. The number of aromatic nitrogens is 10. The van der Waals surface area contributed by atoms with Gasteiger partial charge in [0.2, 0.25) is 11.7 Å². The normalized spacial score (nSPS) is 30.6. The van der Waals surface area contributed by atoms with E-state index < -0.39 is 147 Å². The molecular formula is C35H52N13O24P4+. The summed E-state index contributed by atoms with van der Waals surface area (Å²) in [5.41, 5.74) is 7.20. The molecule has 17 atom stereocenters. The van der Waals surface area contributed by atoms with Crippen molar-refractivity contribution in [3.8, 4) is 0 Å². The first-order valence-corrected chi connectivity index (χ1v) is 28.4. The minimum atomic E-state index is -6.23. The summed E-state index contributed by atoms with van der Waals surface area (Å²) < 4.78 is 105. The van der Waals surface area contributed by atoms with Gasteiger partial charge in [-0.15, -0.1) is 0 Å². The SMILES string of the molecule is CCN[C@@H](O)C[C@H]1[C@@H](O)[C@H]([n+]2cn(C)c3c(=O)[nH]c(N)nc32)O[C@@H]1COP(=O)(O)OP(=O)(O)OP(=O)(O)OC[C@H]1O[C@@H](n2cnc3c(N)ncnc32)[C@H](OC)[C@@H]1P(=O)(O)OC[C@H]1O[C@@H](n2ccc(=O)[nH]c2=O)[C@H](O)[C@@H]1O. The molecule has 0 bridgehead atoms. The van der Waals surface area contributed by atoms with Crippen LogP contribution in [0.4, 0.5) is 11.8 Å². The number of imidazole rings is 2. The second kappa shape index (κ2) is 22.3. The van der Waals surface area contributed by atoms with Crippen LogP contribution in [0.25, 0.3) is 22.3 Å². The highest BCUT2D eigenvalue weighted by atomic mass is 31.3. The minimum absolute atomic E-state index is 0.00680. The van der Waals surface area contributed by atoms with Crippen molar-refractivity contribution >= 4 is 65.2 Å². The van der Waals surface area contributed by atoms with Gasteiger partial charge >= 0.3 is 42.4 Å². The van der Waals surface area contributed by atoms with Crippen molar-refractivity contribution < 1.29 is 104 Å². The summed E-state index contributed by atoms with van der Waals surface area (Å²) in [5, 5.41) is 46.3. The number of phosphoric ester groups is 2. The van der Waals surface area contributed by atoms with Crippen molar-refractivity contribution in [1.29, 1.82) is 0 Å². The first-order chi connectivity index (χ1) is 35.6. The Labute approximate surface area is 424 Å². The molecule has 8 rings (SSSR count). The molecule has 0 saturated carbocycles. The van der Waals surface area contributed by atoms with E-state index in [4.69, 9.17) is 44.0 Å². The zero-order valence-corrected chi connectivity index (χ0v) is 43.1. The Balaban J connectivity index is 0.966. The number of nitrogens with two attached hydrogens (primary N) is 2. The Morgan fingerprint density at radius 3 is 2.16 bits per heavy atom. The van der Waals surface area contributed by atoms with E-state index in [1.165, 1.54) is 27.1 Å². The van der Waals surface area contributed by atoms with Crippen LogP contribution in [0.15, 0.2) is 45.6 Å².